The average Bonchev–Trinajstić information content (AvgIpc) is 2.20. The number of piperidine rings is 1. The van der Waals surface area contributed by atoms with Crippen LogP contribution < -0.4 is 10.6 Å². The first-order valence-corrected chi connectivity index (χ1v) is 5.83. The van der Waals surface area contributed by atoms with E-state index in [0.717, 1.165) is 36.0 Å². The molecule has 2 rings (SSSR count). The Labute approximate surface area is 97.2 Å². The molecule has 4 nitrogen and oxygen atoms in total. The van der Waals surface area contributed by atoms with Crippen molar-refractivity contribution in [3.63, 3.8) is 0 Å². The lowest BCUT2D eigenvalue weighted by molar-refractivity contribution is 0.140. The predicted octanol–water partition coefficient (Wildman–Crippen LogP) is 1.74. The van der Waals surface area contributed by atoms with Crippen LogP contribution in [0.2, 0.25) is 0 Å². The van der Waals surface area contributed by atoms with Crippen LogP contribution in [0.15, 0.2) is 16.7 Å². The fourth-order valence-corrected chi connectivity index (χ4v) is 2.41. The second kappa shape index (κ2) is 4.37. The number of hydrogen-bond acceptors (Lipinski definition) is 4. The Bertz CT molecular complexity index is 359. The number of anilines is 2. The van der Waals surface area contributed by atoms with E-state index in [9.17, 15) is 5.11 Å². The molecular weight excluding hydrogens is 258 g/mol. The third-order valence-corrected chi connectivity index (χ3v) is 3.27. The zero-order valence-corrected chi connectivity index (χ0v) is 9.94. The quantitative estimate of drug-likeness (QED) is 0.817. The minimum atomic E-state index is -0.402. The molecule has 1 aromatic rings. The van der Waals surface area contributed by atoms with Gasteiger partial charge in [-0.1, -0.05) is 0 Å². The summed E-state index contributed by atoms with van der Waals surface area (Å²) in [5, 5.41) is 9.86. The highest BCUT2D eigenvalue weighted by atomic mass is 79.9. The van der Waals surface area contributed by atoms with Crippen LogP contribution >= 0.6 is 15.9 Å². The van der Waals surface area contributed by atoms with Gasteiger partial charge in [-0.15, -0.1) is 0 Å². The van der Waals surface area contributed by atoms with Crippen molar-refractivity contribution < 1.29 is 5.11 Å². The summed E-state index contributed by atoms with van der Waals surface area (Å²) >= 11 is 3.44. The standard InChI is InChI=1S/C10H14BrN3O/c11-7-5-9(12)13-6-8(7)14-4-2-1-3-10(14)15/h5-6,10,15H,1-4H2,(H2,12,13). The summed E-state index contributed by atoms with van der Waals surface area (Å²) in [7, 11) is 0. The second-order valence-corrected chi connectivity index (χ2v) is 4.58. The van der Waals surface area contributed by atoms with Gasteiger partial charge in [-0.25, -0.2) is 4.98 Å². The first-order valence-electron chi connectivity index (χ1n) is 5.04. The Kier molecular flexibility index (Phi) is 3.11. The van der Waals surface area contributed by atoms with E-state index in [1.807, 2.05) is 4.90 Å². The van der Waals surface area contributed by atoms with E-state index in [-0.39, 0.29) is 0 Å². The molecule has 1 atom stereocenters. The molecule has 15 heavy (non-hydrogen) atoms. The van der Waals surface area contributed by atoms with E-state index in [1.165, 1.54) is 0 Å². The summed E-state index contributed by atoms with van der Waals surface area (Å²) in [6.07, 6.45) is 4.30. The molecule has 0 spiro atoms. The number of rotatable bonds is 1. The van der Waals surface area contributed by atoms with Crippen LogP contribution in [0.25, 0.3) is 0 Å². The zero-order valence-electron chi connectivity index (χ0n) is 8.36. The number of aliphatic hydroxyl groups excluding tert-OH is 1. The lowest BCUT2D eigenvalue weighted by Gasteiger charge is -2.34. The van der Waals surface area contributed by atoms with Crippen molar-refractivity contribution in [2.24, 2.45) is 0 Å². The molecule has 1 unspecified atom stereocenters. The fourth-order valence-electron chi connectivity index (χ4n) is 1.84. The molecule has 3 N–H and O–H groups in total. The van der Waals surface area contributed by atoms with E-state index >= 15 is 0 Å². The maximum atomic E-state index is 9.86. The highest BCUT2D eigenvalue weighted by Gasteiger charge is 2.22. The summed E-state index contributed by atoms with van der Waals surface area (Å²) in [4.78, 5) is 6.00. The van der Waals surface area contributed by atoms with Gasteiger partial charge in [0.05, 0.1) is 11.9 Å². The van der Waals surface area contributed by atoms with Crippen LogP contribution in [0, 0.1) is 0 Å². The molecule has 1 saturated heterocycles. The molecule has 0 aliphatic carbocycles. The van der Waals surface area contributed by atoms with E-state index in [0.29, 0.717) is 5.82 Å². The molecule has 0 bridgehead atoms. The van der Waals surface area contributed by atoms with Crippen LogP contribution in [-0.2, 0) is 0 Å². The van der Waals surface area contributed by atoms with E-state index < -0.39 is 6.23 Å². The summed E-state index contributed by atoms with van der Waals surface area (Å²) in [5.41, 5.74) is 6.48. The van der Waals surface area contributed by atoms with Crippen molar-refractivity contribution in [3.8, 4) is 0 Å². The van der Waals surface area contributed by atoms with Gasteiger partial charge in [0.25, 0.3) is 0 Å². The van der Waals surface area contributed by atoms with Crippen molar-refractivity contribution in [3.05, 3.63) is 16.7 Å². The number of aliphatic hydroxyl groups is 1. The number of nitrogens with zero attached hydrogens (tertiary/aromatic N) is 2. The van der Waals surface area contributed by atoms with Crippen molar-refractivity contribution in [1.82, 2.24) is 4.98 Å². The summed E-state index contributed by atoms with van der Waals surface area (Å²) in [6.45, 7) is 0.866. The van der Waals surface area contributed by atoms with Gasteiger partial charge in [0, 0.05) is 11.0 Å². The van der Waals surface area contributed by atoms with Gasteiger partial charge in [0.15, 0.2) is 0 Å². The average molecular weight is 272 g/mol. The van der Waals surface area contributed by atoms with Gasteiger partial charge >= 0.3 is 0 Å². The van der Waals surface area contributed by atoms with Crippen molar-refractivity contribution in [2.75, 3.05) is 17.2 Å². The van der Waals surface area contributed by atoms with Gasteiger partial charge in [-0.05, 0) is 41.3 Å². The fraction of sp³-hybridized carbons (Fsp3) is 0.500. The normalized spacial score (nSPS) is 21.7. The first kappa shape index (κ1) is 10.7. The van der Waals surface area contributed by atoms with E-state index in [2.05, 4.69) is 20.9 Å². The monoisotopic (exact) mass is 271 g/mol. The topological polar surface area (TPSA) is 62.4 Å². The number of nitrogens with two attached hydrogens (primary N) is 1. The van der Waals surface area contributed by atoms with Gasteiger partial charge in [-0.2, -0.15) is 0 Å². The van der Waals surface area contributed by atoms with E-state index in [4.69, 9.17) is 5.73 Å². The molecule has 82 valence electrons. The Morgan fingerprint density at radius 1 is 1.53 bits per heavy atom. The minimum Gasteiger partial charge on any atom is -0.384 e. The molecule has 0 saturated carbocycles. The largest absolute Gasteiger partial charge is 0.384 e. The third kappa shape index (κ3) is 2.23. The van der Waals surface area contributed by atoms with E-state index in [1.54, 1.807) is 12.3 Å². The zero-order chi connectivity index (χ0) is 10.8. The summed E-state index contributed by atoms with van der Waals surface area (Å²) in [5.74, 6) is 0.483. The molecule has 0 radical (unpaired) electrons. The minimum absolute atomic E-state index is 0.402. The van der Waals surface area contributed by atoms with Crippen LogP contribution in [0.5, 0.6) is 0 Å². The molecule has 0 amide bonds. The lowest BCUT2D eigenvalue weighted by Crippen LogP contribution is -2.39. The van der Waals surface area contributed by atoms with Crippen LogP contribution in [0.3, 0.4) is 0 Å². The van der Waals surface area contributed by atoms with Gasteiger partial charge in [0.1, 0.15) is 12.0 Å². The Morgan fingerprint density at radius 3 is 3.00 bits per heavy atom. The van der Waals surface area contributed by atoms with Crippen molar-refractivity contribution in [1.29, 1.82) is 0 Å². The molecule has 1 aliphatic rings. The smallest absolute Gasteiger partial charge is 0.126 e. The second-order valence-electron chi connectivity index (χ2n) is 3.73. The first-order chi connectivity index (χ1) is 7.18. The predicted molar refractivity (Wildman–Crippen MR) is 63.6 cm³/mol. The van der Waals surface area contributed by atoms with Gasteiger partial charge in [0.2, 0.25) is 0 Å². The lowest BCUT2D eigenvalue weighted by atomic mass is 10.1. The maximum Gasteiger partial charge on any atom is 0.126 e. The number of nitrogen functional groups attached to an aromatic ring is 1. The molecule has 5 heteroatoms. The van der Waals surface area contributed by atoms with Crippen LogP contribution in [0.4, 0.5) is 11.5 Å². The number of halogens is 1. The Morgan fingerprint density at radius 2 is 2.33 bits per heavy atom. The van der Waals surface area contributed by atoms with Gasteiger partial charge in [-0.3, -0.25) is 0 Å². The Balaban J connectivity index is 2.27. The number of hydrogen-bond donors (Lipinski definition) is 2. The number of aromatic nitrogens is 1. The molecule has 2 heterocycles. The molecule has 1 aliphatic heterocycles. The number of pyridine rings is 1. The summed E-state index contributed by atoms with van der Waals surface area (Å²) in [6, 6.07) is 1.76. The summed E-state index contributed by atoms with van der Waals surface area (Å²) < 4.78 is 0.885. The molecule has 1 fully saturated rings. The third-order valence-electron chi connectivity index (χ3n) is 2.64. The van der Waals surface area contributed by atoms with Crippen LogP contribution in [-0.4, -0.2) is 22.9 Å². The van der Waals surface area contributed by atoms with Crippen LogP contribution in [0.1, 0.15) is 19.3 Å². The molecule has 0 aromatic carbocycles. The Hall–Kier alpha value is -0.810. The van der Waals surface area contributed by atoms with Crippen molar-refractivity contribution >= 4 is 27.4 Å². The van der Waals surface area contributed by atoms with Crippen molar-refractivity contribution in [2.45, 2.75) is 25.5 Å². The molecule has 1 aromatic heterocycles. The highest BCUT2D eigenvalue weighted by Crippen LogP contribution is 2.30. The SMILES string of the molecule is Nc1cc(Br)c(N2CCCCC2O)cn1. The van der Waals surface area contributed by atoms with Gasteiger partial charge < -0.3 is 15.7 Å². The molecular formula is C10H14BrN3O. The highest BCUT2D eigenvalue weighted by molar-refractivity contribution is 9.10. The maximum absolute atomic E-state index is 9.86.